The Morgan fingerprint density at radius 3 is 2.19 bits per heavy atom. The van der Waals surface area contributed by atoms with E-state index in [4.69, 9.17) is 11.6 Å². The molecule has 0 fully saturated rings. The Morgan fingerprint density at radius 2 is 1.52 bits per heavy atom. The number of pyridine rings is 1. The minimum atomic E-state index is -0.749. The number of rotatable bonds is 6. The summed E-state index contributed by atoms with van der Waals surface area (Å²) < 4.78 is 2.63. The maximum Gasteiger partial charge on any atom is 0.317 e. The lowest BCUT2D eigenvalue weighted by Gasteiger charge is -2.15. The molecule has 2 heterocycles. The van der Waals surface area contributed by atoms with Gasteiger partial charge in [-0.1, -0.05) is 41.9 Å². The van der Waals surface area contributed by atoms with Crippen LogP contribution in [-0.2, 0) is 24.4 Å². The van der Waals surface area contributed by atoms with Crippen molar-refractivity contribution in [1.82, 2.24) is 19.4 Å². The van der Waals surface area contributed by atoms with Gasteiger partial charge in [0.15, 0.2) is 0 Å². The summed E-state index contributed by atoms with van der Waals surface area (Å²) in [5.41, 5.74) is 1.17. The first-order valence-electron chi connectivity index (χ1n) is 9.66. The third-order valence-corrected chi connectivity index (χ3v) is 5.14. The molecule has 0 aliphatic rings. The number of carbonyl (C=O) groups excluding carboxylic acids is 1. The molecule has 0 spiro atoms. The molecule has 1 N–H and O–H groups in total. The third kappa shape index (κ3) is 4.57. The molecule has 0 atom stereocenters. The van der Waals surface area contributed by atoms with Crippen molar-refractivity contribution in [3.05, 3.63) is 110 Å². The van der Waals surface area contributed by atoms with E-state index in [1.807, 2.05) is 6.07 Å². The number of fused-ring (bicyclic) bond motifs is 1. The van der Waals surface area contributed by atoms with Crippen molar-refractivity contribution < 1.29 is 4.79 Å². The fourth-order valence-corrected chi connectivity index (χ4v) is 3.47. The van der Waals surface area contributed by atoms with Crippen LogP contribution in [0.3, 0.4) is 0 Å². The molecule has 0 aliphatic heterocycles. The molecule has 7 nitrogen and oxygen atoms in total. The standard InChI is InChI=1S/C23H19ClN4O3/c24-17-10-8-16(9-11-17)14-27-19-6-1-2-7-20(19)28(23(31)22(27)30)15-21(29)26-13-18-5-3-4-12-25-18/h1-12H,13-15H2,(H,26,29). The predicted octanol–water partition coefficient (Wildman–Crippen LogP) is 2.58. The molecule has 2 aromatic carbocycles. The SMILES string of the molecule is O=C(Cn1c(=O)c(=O)n(Cc2ccc(Cl)cc2)c2ccccc21)NCc1ccccn1. The Balaban J connectivity index is 1.66. The Labute approximate surface area is 182 Å². The van der Waals surface area contributed by atoms with Crippen LogP contribution in [0.25, 0.3) is 11.0 Å². The first kappa shape index (κ1) is 20.6. The van der Waals surface area contributed by atoms with Gasteiger partial charge in [-0.05, 0) is 42.0 Å². The largest absolute Gasteiger partial charge is 0.349 e. The number of hydrogen-bond donors (Lipinski definition) is 1. The van der Waals surface area contributed by atoms with Crippen LogP contribution in [0, 0.1) is 0 Å². The van der Waals surface area contributed by atoms with Crippen molar-refractivity contribution >= 4 is 28.5 Å². The molecule has 0 bridgehead atoms. The Kier molecular flexibility index (Phi) is 5.95. The maximum atomic E-state index is 12.9. The summed E-state index contributed by atoms with van der Waals surface area (Å²) in [6.07, 6.45) is 1.64. The van der Waals surface area contributed by atoms with Gasteiger partial charge in [0.2, 0.25) is 5.91 Å². The molecule has 4 rings (SSSR count). The summed E-state index contributed by atoms with van der Waals surface area (Å²) in [5, 5.41) is 3.33. The van der Waals surface area contributed by atoms with Crippen LogP contribution in [0.1, 0.15) is 11.3 Å². The van der Waals surface area contributed by atoms with Crippen molar-refractivity contribution in [2.24, 2.45) is 0 Å². The highest BCUT2D eigenvalue weighted by Crippen LogP contribution is 2.14. The number of nitrogens with one attached hydrogen (secondary N) is 1. The quantitative estimate of drug-likeness (QED) is 0.472. The molecule has 8 heteroatoms. The third-order valence-electron chi connectivity index (χ3n) is 4.89. The monoisotopic (exact) mass is 434 g/mol. The summed E-state index contributed by atoms with van der Waals surface area (Å²) >= 11 is 5.94. The highest BCUT2D eigenvalue weighted by Gasteiger charge is 2.15. The van der Waals surface area contributed by atoms with E-state index in [0.717, 1.165) is 5.56 Å². The van der Waals surface area contributed by atoms with E-state index in [9.17, 15) is 14.4 Å². The predicted molar refractivity (Wildman–Crippen MR) is 119 cm³/mol. The van der Waals surface area contributed by atoms with E-state index in [1.165, 1.54) is 9.13 Å². The fourth-order valence-electron chi connectivity index (χ4n) is 3.35. The van der Waals surface area contributed by atoms with Gasteiger partial charge in [0, 0.05) is 11.2 Å². The van der Waals surface area contributed by atoms with E-state index in [0.29, 0.717) is 21.7 Å². The lowest BCUT2D eigenvalue weighted by atomic mass is 10.2. The second-order valence-corrected chi connectivity index (χ2v) is 7.43. The van der Waals surface area contributed by atoms with Crippen LogP contribution >= 0.6 is 11.6 Å². The first-order chi connectivity index (χ1) is 15.0. The van der Waals surface area contributed by atoms with E-state index < -0.39 is 11.1 Å². The molecule has 0 unspecified atom stereocenters. The number of carbonyl (C=O) groups is 1. The van der Waals surface area contributed by atoms with Crippen LogP contribution in [0.15, 0.2) is 82.5 Å². The van der Waals surface area contributed by atoms with Crippen LogP contribution in [-0.4, -0.2) is 20.0 Å². The molecule has 4 aromatic rings. The summed E-state index contributed by atoms with van der Waals surface area (Å²) in [6, 6.07) is 19.5. The number of aromatic nitrogens is 3. The summed E-state index contributed by atoms with van der Waals surface area (Å²) in [4.78, 5) is 42.4. The smallest absolute Gasteiger partial charge is 0.317 e. The molecular formula is C23H19ClN4O3. The van der Waals surface area contributed by atoms with Gasteiger partial charge in [-0.15, -0.1) is 0 Å². The van der Waals surface area contributed by atoms with Gasteiger partial charge >= 0.3 is 11.1 Å². The number of hydrogen-bond acceptors (Lipinski definition) is 4. The lowest BCUT2D eigenvalue weighted by molar-refractivity contribution is -0.121. The number of para-hydroxylation sites is 2. The van der Waals surface area contributed by atoms with E-state index >= 15 is 0 Å². The minimum absolute atomic E-state index is 0.221. The van der Waals surface area contributed by atoms with Crippen molar-refractivity contribution in [2.45, 2.75) is 19.6 Å². The zero-order valence-corrected chi connectivity index (χ0v) is 17.2. The highest BCUT2D eigenvalue weighted by molar-refractivity contribution is 6.30. The fraction of sp³-hybridized carbons (Fsp3) is 0.130. The van der Waals surface area contributed by atoms with Crippen molar-refractivity contribution in [1.29, 1.82) is 0 Å². The topological polar surface area (TPSA) is 86.0 Å². The summed E-state index contributed by atoms with van der Waals surface area (Å²) in [7, 11) is 0. The average Bonchev–Trinajstić information content (AvgIpc) is 2.80. The van der Waals surface area contributed by atoms with Crippen LogP contribution < -0.4 is 16.4 Å². The average molecular weight is 435 g/mol. The molecule has 0 aliphatic carbocycles. The summed E-state index contributed by atoms with van der Waals surface area (Å²) in [5.74, 6) is -0.382. The van der Waals surface area contributed by atoms with Gasteiger partial charge in [0.25, 0.3) is 0 Å². The van der Waals surface area contributed by atoms with E-state index in [1.54, 1.807) is 66.9 Å². The van der Waals surface area contributed by atoms with Crippen molar-refractivity contribution in [3.8, 4) is 0 Å². The molecule has 31 heavy (non-hydrogen) atoms. The summed E-state index contributed by atoms with van der Waals surface area (Å²) in [6.45, 7) is 0.196. The second kappa shape index (κ2) is 8.97. The van der Waals surface area contributed by atoms with E-state index in [2.05, 4.69) is 10.3 Å². The Hall–Kier alpha value is -3.71. The molecule has 1 amide bonds. The van der Waals surface area contributed by atoms with Gasteiger partial charge in [-0.25, -0.2) is 0 Å². The minimum Gasteiger partial charge on any atom is -0.349 e. The Bertz CT molecular complexity index is 1350. The molecule has 0 radical (unpaired) electrons. The van der Waals surface area contributed by atoms with Gasteiger partial charge in [-0.3, -0.25) is 28.5 Å². The number of nitrogens with zero attached hydrogens (tertiary/aromatic N) is 3. The molecule has 2 aromatic heterocycles. The van der Waals surface area contributed by atoms with Gasteiger partial charge in [-0.2, -0.15) is 0 Å². The molecule has 0 saturated heterocycles. The van der Waals surface area contributed by atoms with Crippen molar-refractivity contribution in [3.63, 3.8) is 0 Å². The molecule has 156 valence electrons. The van der Waals surface area contributed by atoms with Gasteiger partial charge < -0.3 is 5.32 Å². The lowest BCUT2D eigenvalue weighted by Crippen LogP contribution is -2.44. The number of halogens is 1. The molecular weight excluding hydrogens is 416 g/mol. The number of amides is 1. The zero-order chi connectivity index (χ0) is 21.8. The number of benzene rings is 2. The zero-order valence-electron chi connectivity index (χ0n) is 16.5. The van der Waals surface area contributed by atoms with Crippen LogP contribution in [0.5, 0.6) is 0 Å². The first-order valence-corrected chi connectivity index (χ1v) is 10.0. The van der Waals surface area contributed by atoms with Crippen LogP contribution in [0.2, 0.25) is 5.02 Å². The second-order valence-electron chi connectivity index (χ2n) is 7.00. The normalized spacial score (nSPS) is 10.9. The van der Waals surface area contributed by atoms with Crippen molar-refractivity contribution in [2.75, 3.05) is 0 Å². The van der Waals surface area contributed by atoms with Gasteiger partial charge in [0.1, 0.15) is 6.54 Å². The maximum absolute atomic E-state index is 12.9. The Morgan fingerprint density at radius 1 is 0.871 bits per heavy atom. The highest BCUT2D eigenvalue weighted by atomic mass is 35.5. The van der Waals surface area contributed by atoms with Gasteiger partial charge in [0.05, 0.1) is 29.8 Å². The van der Waals surface area contributed by atoms with E-state index in [-0.39, 0.29) is 25.5 Å². The molecule has 0 saturated carbocycles. The van der Waals surface area contributed by atoms with Crippen LogP contribution in [0.4, 0.5) is 0 Å².